The molecular formula is C48H49N3O2Pt. The smallest absolute Gasteiger partial charge is 0.512 e. The second kappa shape index (κ2) is 12.4. The van der Waals surface area contributed by atoms with Crippen molar-refractivity contribution in [3.8, 4) is 17.2 Å². The molecule has 0 fully saturated rings. The molecule has 4 aromatic carbocycles. The summed E-state index contributed by atoms with van der Waals surface area (Å²) in [5, 5.41) is 2.33. The summed E-state index contributed by atoms with van der Waals surface area (Å²) in [5.41, 5.74) is 12.1. The SMILES string of the molecule is [2H]C1([2H])C[C@]2(C)OC(c3[c-]c(Oc4[c-]c5c(cc4C)C(C)(C)c4cc(C(C)(C)C)cc6c7cccnc7n-5c46)cc(C(C)C)c3)=N[C@@H]2c2ccc(C)c(C)c21.[Pt+2]. The van der Waals surface area contributed by atoms with Gasteiger partial charge in [-0.25, -0.2) is 4.98 Å². The van der Waals surface area contributed by atoms with Crippen molar-refractivity contribution >= 4 is 27.8 Å². The molecular weight excluding hydrogens is 846 g/mol. The first-order valence-corrected chi connectivity index (χ1v) is 18.9. The van der Waals surface area contributed by atoms with Gasteiger partial charge in [0, 0.05) is 31.2 Å². The topological polar surface area (TPSA) is 48.6 Å². The molecule has 6 aromatic rings. The maximum absolute atomic E-state index is 9.10. The summed E-state index contributed by atoms with van der Waals surface area (Å²) in [6, 6.07) is 26.4. The third kappa shape index (κ3) is 5.43. The zero-order valence-electron chi connectivity index (χ0n) is 35.1. The Labute approximate surface area is 337 Å². The largest absolute Gasteiger partial charge is 2.00 e. The summed E-state index contributed by atoms with van der Waals surface area (Å²) in [7, 11) is 0. The van der Waals surface area contributed by atoms with Gasteiger partial charge in [-0.15, -0.1) is 28.8 Å². The summed E-state index contributed by atoms with van der Waals surface area (Å²) < 4.78 is 34.0. The Kier molecular flexibility index (Phi) is 7.87. The predicted octanol–water partition coefficient (Wildman–Crippen LogP) is 11.8. The fourth-order valence-electron chi connectivity index (χ4n) is 8.58. The van der Waals surface area contributed by atoms with E-state index >= 15 is 0 Å². The molecule has 1 aliphatic carbocycles. The summed E-state index contributed by atoms with van der Waals surface area (Å²) >= 11 is 0. The van der Waals surface area contributed by atoms with Crippen molar-refractivity contribution in [1.82, 2.24) is 9.55 Å². The van der Waals surface area contributed by atoms with Crippen LogP contribution in [0.4, 0.5) is 0 Å². The van der Waals surface area contributed by atoms with E-state index < -0.39 is 12.0 Å². The van der Waals surface area contributed by atoms with Crippen LogP contribution in [0.25, 0.3) is 27.6 Å². The van der Waals surface area contributed by atoms with Gasteiger partial charge in [0.1, 0.15) is 23.2 Å². The predicted molar refractivity (Wildman–Crippen MR) is 215 cm³/mol. The van der Waals surface area contributed by atoms with Gasteiger partial charge in [0.05, 0.1) is 5.52 Å². The summed E-state index contributed by atoms with van der Waals surface area (Å²) in [4.78, 5) is 10.1. The Bertz CT molecular complexity index is 2670. The molecule has 0 saturated heterocycles. The van der Waals surface area contributed by atoms with Crippen molar-refractivity contribution in [3.63, 3.8) is 0 Å². The molecule has 2 atom stereocenters. The first kappa shape index (κ1) is 34.3. The van der Waals surface area contributed by atoms with Crippen LogP contribution in [0, 0.1) is 32.9 Å². The summed E-state index contributed by atoms with van der Waals surface area (Å²) in [6.07, 6.45) is 0.529. The van der Waals surface area contributed by atoms with Crippen LogP contribution < -0.4 is 4.74 Å². The molecule has 6 heteroatoms. The number of aryl methyl sites for hydroxylation is 2. The third-order valence-corrected chi connectivity index (χ3v) is 12.1. The fourth-order valence-corrected chi connectivity index (χ4v) is 8.58. The van der Waals surface area contributed by atoms with Crippen molar-refractivity contribution in [3.05, 3.63) is 129 Å². The number of ether oxygens (including phenoxy) is 2. The molecule has 0 saturated carbocycles. The molecule has 2 aromatic heterocycles. The van der Waals surface area contributed by atoms with Crippen LogP contribution in [0.2, 0.25) is 0 Å². The van der Waals surface area contributed by atoms with Crippen LogP contribution in [0.3, 0.4) is 0 Å². The van der Waals surface area contributed by atoms with Gasteiger partial charge >= 0.3 is 21.1 Å². The molecule has 5 nitrogen and oxygen atoms in total. The van der Waals surface area contributed by atoms with Crippen molar-refractivity contribution < 1.29 is 33.3 Å². The average Bonchev–Trinajstić information content (AvgIpc) is 3.63. The quantitative estimate of drug-likeness (QED) is 0.166. The first-order chi connectivity index (χ1) is 25.8. The van der Waals surface area contributed by atoms with Gasteiger partial charge in [-0.1, -0.05) is 97.0 Å². The minimum atomic E-state index is -1.55. The van der Waals surface area contributed by atoms with Crippen molar-refractivity contribution in [1.29, 1.82) is 0 Å². The van der Waals surface area contributed by atoms with Crippen LogP contribution in [0.1, 0.15) is 132 Å². The molecule has 0 N–H and O–H groups in total. The summed E-state index contributed by atoms with van der Waals surface area (Å²) in [6.45, 7) is 23.9. The first-order valence-electron chi connectivity index (χ1n) is 19.9. The molecule has 0 radical (unpaired) electrons. The van der Waals surface area contributed by atoms with Gasteiger partial charge in [-0.3, -0.25) is 4.99 Å². The van der Waals surface area contributed by atoms with Crippen LogP contribution in [0.5, 0.6) is 11.5 Å². The van der Waals surface area contributed by atoms with Crippen LogP contribution in [0.15, 0.2) is 65.8 Å². The van der Waals surface area contributed by atoms with Crippen molar-refractivity contribution in [2.45, 2.75) is 117 Å². The Morgan fingerprint density at radius 1 is 0.963 bits per heavy atom. The number of pyridine rings is 1. The van der Waals surface area contributed by atoms with E-state index in [1.165, 1.54) is 27.6 Å². The maximum atomic E-state index is 9.10. The van der Waals surface area contributed by atoms with E-state index in [2.05, 4.69) is 108 Å². The van der Waals surface area contributed by atoms with Crippen LogP contribution in [-0.4, -0.2) is 21.0 Å². The van der Waals surface area contributed by atoms with E-state index in [4.69, 9.17) is 22.2 Å². The van der Waals surface area contributed by atoms with Gasteiger partial charge in [0.2, 0.25) is 0 Å². The number of fused-ring (bicyclic) bond motifs is 8. The van der Waals surface area contributed by atoms with Crippen molar-refractivity contribution in [2.75, 3.05) is 0 Å². The van der Waals surface area contributed by atoms with Crippen LogP contribution >= 0.6 is 0 Å². The van der Waals surface area contributed by atoms with Gasteiger partial charge < -0.3 is 14.0 Å². The number of aromatic nitrogens is 2. The number of hydrogen-bond donors (Lipinski definition) is 0. The van der Waals surface area contributed by atoms with E-state index in [0.717, 1.165) is 50.1 Å². The third-order valence-electron chi connectivity index (χ3n) is 12.1. The number of rotatable bonds is 4. The molecule has 0 spiro atoms. The van der Waals surface area contributed by atoms with E-state index in [-0.39, 0.29) is 50.3 Å². The van der Waals surface area contributed by atoms with Gasteiger partial charge in [0.15, 0.2) is 0 Å². The van der Waals surface area contributed by atoms with E-state index in [0.29, 0.717) is 23.0 Å². The number of nitrogens with zero attached hydrogens (tertiary/aromatic N) is 3. The Morgan fingerprint density at radius 2 is 1.74 bits per heavy atom. The van der Waals surface area contributed by atoms with Gasteiger partial charge in [-0.2, -0.15) is 6.07 Å². The number of aliphatic imine (C=N–C) groups is 1. The molecule has 54 heavy (non-hydrogen) atoms. The number of hydrogen-bond acceptors (Lipinski definition) is 4. The number of benzene rings is 4. The van der Waals surface area contributed by atoms with E-state index in [1.807, 2.05) is 45.2 Å². The zero-order chi connectivity index (χ0) is 39.1. The van der Waals surface area contributed by atoms with Gasteiger partial charge in [0.25, 0.3) is 0 Å². The molecule has 4 heterocycles. The minimum absolute atomic E-state index is 0. The van der Waals surface area contributed by atoms with E-state index in [9.17, 15) is 0 Å². The Hall–Kier alpha value is -4.21. The fraction of sp³-hybridized carbons (Fsp3) is 0.375. The molecule has 0 amide bonds. The molecule has 0 bridgehead atoms. The molecule has 278 valence electrons. The molecule has 3 aliphatic rings. The second-order valence-corrected chi connectivity index (χ2v) is 17.6. The average molecular weight is 897 g/mol. The standard InChI is InChI=1S/C48H49N3O2.Pt/c1-26(2)30-20-31(45-50-43-35-15-14-27(3)29(5)34(35)16-17-48(43,11)53-45)22-33(21-30)52-41-25-40-38(19-28(41)4)47(9,10)39-24-32(46(6,7)8)23-37-36-13-12-18-49-44(36)51(40)42(37)39;/h12-15,18-21,23-24,26,43H,16-17H2,1-11H3;/q-2;+2/t43-,48+;/m1./s1/i16D2;. The van der Waals surface area contributed by atoms with E-state index in [1.54, 1.807) is 0 Å². The van der Waals surface area contributed by atoms with Gasteiger partial charge in [-0.05, 0) is 102 Å². The molecule has 2 aliphatic heterocycles. The van der Waals surface area contributed by atoms with Crippen LogP contribution in [-0.2, 0) is 43.0 Å². The maximum Gasteiger partial charge on any atom is 2.00 e. The Morgan fingerprint density at radius 3 is 2.48 bits per heavy atom. The Balaban J connectivity index is 0.00000441. The molecule has 0 unspecified atom stereocenters. The normalized spacial score (nSPS) is 21.0. The second-order valence-electron chi connectivity index (χ2n) is 17.6. The molecule has 9 rings (SSSR count). The summed E-state index contributed by atoms with van der Waals surface area (Å²) in [5.74, 6) is 1.85. The zero-order valence-corrected chi connectivity index (χ0v) is 35.4. The van der Waals surface area contributed by atoms with Crippen molar-refractivity contribution in [2.24, 2.45) is 4.99 Å². The minimum Gasteiger partial charge on any atom is -0.512 e. The monoisotopic (exact) mass is 896 g/mol.